The van der Waals surface area contributed by atoms with E-state index in [2.05, 4.69) is 5.32 Å². The fourth-order valence-electron chi connectivity index (χ4n) is 1.28. The smallest absolute Gasteiger partial charge is 0.221 e. The van der Waals surface area contributed by atoms with Crippen molar-refractivity contribution in [1.29, 1.82) is 0 Å². The molecule has 0 heterocycles. The van der Waals surface area contributed by atoms with Gasteiger partial charge in [-0.1, -0.05) is 6.07 Å². The first kappa shape index (κ1) is 13.4. The van der Waals surface area contributed by atoms with Gasteiger partial charge in [-0.25, -0.2) is 4.39 Å². The molecule has 4 nitrogen and oxygen atoms in total. The van der Waals surface area contributed by atoms with E-state index in [1.165, 1.54) is 12.1 Å². The van der Waals surface area contributed by atoms with Crippen molar-refractivity contribution in [3.8, 4) is 5.75 Å². The first-order valence-corrected chi connectivity index (χ1v) is 5.48. The van der Waals surface area contributed by atoms with Crippen LogP contribution in [0.25, 0.3) is 0 Å². The summed E-state index contributed by atoms with van der Waals surface area (Å²) in [4.78, 5) is 11.2. The molecule has 0 spiro atoms. The summed E-state index contributed by atoms with van der Waals surface area (Å²) >= 11 is 0. The highest BCUT2D eigenvalue weighted by molar-refractivity contribution is 5.76. The zero-order chi connectivity index (χ0) is 12.7. The number of halogens is 1. The molecule has 0 aromatic heterocycles. The van der Waals surface area contributed by atoms with E-state index in [1.807, 2.05) is 0 Å². The largest absolute Gasteiger partial charge is 0.492 e. The number of rotatable bonds is 6. The van der Waals surface area contributed by atoms with Crippen molar-refractivity contribution in [3.63, 3.8) is 0 Å². The Hall–Kier alpha value is -1.62. The van der Waals surface area contributed by atoms with Crippen LogP contribution in [-0.4, -0.2) is 25.1 Å². The topological polar surface area (TPSA) is 64.4 Å². The summed E-state index contributed by atoms with van der Waals surface area (Å²) in [6, 6.07) is 5.71. The number of carbonyl (C=O) groups excluding carboxylic acids is 1. The standard InChI is InChI=1S/C12H17FN2O2/c1-9(14)7-12(16)15-5-6-17-11-4-2-3-10(13)8-11/h2-4,8-9H,5-7,14H2,1H3,(H,15,16). The lowest BCUT2D eigenvalue weighted by molar-refractivity contribution is -0.121. The molecule has 0 fully saturated rings. The minimum Gasteiger partial charge on any atom is -0.492 e. The molecule has 1 atom stereocenters. The molecular formula is C12H17FN2O2. The summed E-state index contributed by atoms with van der Waals surface area (Å²) in [5.41, 5.74) is 5.47. The molecule has 0 aliphatic heterocycles. The van der Waals surface area contributed by atoms with Crippen molar-refractivity contribution >= 4 is 5.91 Å². The van der Waals surface area contributed by atoms with Gasteiger partial charge >= 0.3 is 0 Å². The lowest BCUT2D eigenvalue weighted by atomic mass is 10.2. The van der Waals surface area contributed by atoms with Gasteiger partial charge in [-0.2, -0.15) is 0 Å². The zero-order valence-electron chi connectivity index (χ0n) is 9.78. The molecule has 3 N–H and O–H groups in total. The van der Waals surface area contributed by atoms with Crippen molar-refractivity contribution < 1.29 is 13.9 Å². The van der Waals surface area contributed by atoms with Crippen molar-refractivity contribution in [2.75, 3.05) is 13.2 Å². The van der Waals surface area contributed by atoms with Crippen molar-refractivity contribution in [2.45, 2.75) is 19.4 Å². The van der Waals surface area contributed by atoms with Crippen molar-refractivity contribution in [3.05, 3.63) is 30.1 Å². The molecule has 1 unspecified atom stereocenters. The molecule has 1 rings (SSSR count). The first-order chi connectivity index (χ1) is 8.08. The minimum absolute atomic E-state index is 0.108. The Morgan fingerprint density at radius 1 is 1.59 bits per heavy atom. The number of carbonyl (C=O) groups is 1. The summed E-state index contributed by atoms with van der Waals surface area (Å²) < 4.78 is 18.0. The van der Waals surface area contributed by atoms with Gasteiger partial charge in [-0.15, -0.1) is 0 Å². The van der Waals surface area contributed by atoms with Crippen LogP contribution < -0.4 is 15.8 Å². The lowest BCUT2D eigenvalue weighted by Crippen LogP contribution is -2.32. The van der Waals surface area contributed by atoms with Crippen LogP contribution >= 0.6 is 0 Å². The molecular weight excluding hydrogens is 223 g/mol. The number of ether oxygens (including phenoxy) is 1. The van der Waals surface area contributed by atoms with Gasteiger partial charge in [0.15, 0.2) is 0 Å². The van der Waals surface area contributed by atoms with Crippen LogP contribution in [-0.2, 0) is 4.79 Å². The Bertz CT molecular complexity index is 369. The molecule has 1 aromatic carbocycles. The van der Waals surface area contributed by atoms with Crippen LogP contribution in [0.2, 0.25) is 0 Å². The van der Waals surface area contributed by atoms with Gasteiger partial charge in [-0.3, -0.25) is 4.79 Å². The predicted molar refractivity (Wildman–Crippen MR) is 63.2 cm³/mol. The van der Waals surface area contributed by atoms with Gasteiger partial charge in [0.25, 0.3) is 0 Å². The van der Waals surface area contributed by atoms with E-state index in [0.717, 1.165) is 0 Å². The van der Waals surface area contributed by atoms with Gasteiger partial charge in [0, 0.05) is 18.5 Å². The second kappa shape index (κ2) is 6.85. The Kier molecular flexibility index (Phi) is 5.42. The van der Waals surface area contributed by atoms with E-state index in [0.29, 0.717) is 25.3 Å². The normalized spacial score (nSPS) is 11.9. The Morgan fingerprint density at radius 2 is 2.35 bits per heavy atom. The maximum Gasteiger partial charge on any atom is 0.221 e. The monoisotopic (exact) mass is 240 g/mol. The minimum atomic E-state index is -0.344. The number of benzene rings is 1. The quantitative estimate of drug-likeness (QED) is 0.731. The third-order valence-electron chi connectivity index (χ3n) is 2.00. The van der Waals surface area contributed by atoms with Crippen LogP contribution in [0.3, 0.4) is 0 Å². The fourth-order valence-corrected chi connectivity index (χ4v) is 1.28. The summed E-state index contributed by atoms with van der Waals surface area (Å²) in [5, 5.41) is 2.66. The number of hydrogen-bond donors (Lipinski definition) is 2. The van der Waals surface area contributed by atoms with Gasteiger partial charge < -0.3 is 15.8 Å². The van der Waals surface area contributed by atoms with Crippen LogP contribution in [0.15, 0.2) is 24.3 Å². The molecule has 0 aliphatic carbocycles. The number of nitrogens with two attached hydrogens (primary N) is 1. The second-order valence-electron chi connectivity index (χ2n) is 3.84. The van der Waals surface area contributed by atoms with E-state index >= 15 is 0 Å². The molecule has 0 radical (unpaired) electrons. The van der Waals surface area contributed by atoms with Gasteiger partial charge in [-0.05, 0) is 19.1 Å². The van der Waals surface area contributed by atoms with E-state index in [-0.39, 0.29) is 17.8 Å². The summed E-state index contributed by atoms with van der Waals surface area (Å²) in [5.74, 6) is -0.00206. The maximum absolute atomic E-state index is 12.8. The highest BCUT2D eigenvalue weighted by Crippen LogP contribution is 2.11. The molecule has 1 amide bonds. The average Bonchev–Trinajstić information content (AvgIpc) is 2.23. The third kappa shape index (κ3) is 5.87. The van der Waals surface area contributed by atoms with Crippen molar-refractivity contribution in [2.24, 2.45) is 5.73 Å². The van der Waals surface area contributed by atoms with E-state index < -0.39 is 0 Å². The van der Waals surface area contributed by atoms with Crippen LogP contribution in [0.1, 0.15) is 13.3 Å². The van der Waals surface area contributed by atoms with E-state index in [9.17, 15) is 9.18 Å². The number of hydrogen-bond acceptors (Lipinski definition) is 3. The molecule has 94 valence electrons. The van der Waals surface area contributed by atoms with Gasteiger partial charge in [0.2, 0.25) is 5.91 Å². The zero-order valence-corrected chi connectivity index (χ0v) is 9.78. The molecule has 0 bridgehead atoms. The third-order valence-corrected chi connectivity index (χ3v) is 2.00. The average molecular weight is 240 g/mol. The SMILES string of the molecule is CC(N)CC(=O)NCCOc1cccc(F)c1. The number of amides is 1. The predicted octanol–water partition coefficient (Wildman–Crippen LogP) is 1.06. The van der Waals surface area contributed by atoms with Crippen LogP contribution in [0.5, 0.6) is 5.75 Å². The van der Waals surface area contributed by atoms with Gasteiger partial charge in [0.1, 0.15) is 18.2 Å². The second-order valence-corrected chi connectivity index (χ2v) is 3.84. The number of nitrogens with one attached hydrogen (secondary N) is 1. The van der Waals surface area contributed by atoms with E-state index in [1.54, 1.807) is 19.1 Å². The van der Waals surface area contributed by atoms with Crippen molar-refractivity contribution in [1.82, 2.24) is 5.32 Å². The first-order valence-electron chi connectivity index (χ1n) is 5.48. The maximum atomic E-state index is 12.8. The molecule has 5 heteroatoms. The highest BCUT2D eigenvalue weighted by atomic mass is 19.1. The Balaban J connectivity index is 2.18. The Morgan fingerprint density at radius 3 is 3.00 bits per heavy atom. The summed E-state index contributed by atoms with van der Waals surface area (Å²) in [7, 11) is 0. The Labute approximate surface area is 100.0 Å². The molecule has 17 heavy (non-hydrogen) atoms. The van der Waals surface area contributed by atoms with E-state index in [4.69, 9.17) is 10.5 Å². The molecule has 1 aromatic rings. The lowest BCUT2D eigenvalue weighted by Gasteiger charge is -2.08. The molecule has 0 aliphatic rings. The molecule has 0 saturated heterocycles. The summed E-state index contributed by atoms with van der Waals surface area (Å²) in [6.45, 7) is 2.44. The molecule has 0 saturated carbocycles. The van der Waals surface area contributed by atoms with Crippen LogP contribution in [0.4, 0.5) is 4.39 Å². The van der Waals surface area contributed by atoms with Crippen LogP contribution in [0, 0.1) is 5.82 Å². The summed E-state index contributed by atoms with van der Waals surface area (Å²) in [6.07, 6.45) is 0.292. The highest BCUT2D eigenvalue weighted by Gasteiger charge is 2.03. The van der Waals surface area contributed by atoms with Gasteiger partial charge in [0.05, 0.1) is 6.54 Å². The fraction of sp³-hybridized carbons (Fsp3) is 0.417.